The lowest BCUT2D eigenvalue weighted by Gasteiger charge is -2.31. The van der Waals surface area contributed by atoms with Crippen molar-refractivity contribution in [2.24, 2.45) is 5.92 Å². The SMILES string of the molecule is Cc1cccc(C(=O)N2CCC(C(=O)Nc3c(C)cc(C)cc3Cl)CC2)c1. The monoisotopic (exact) mass is 384 g/mol. The lowest BCUT2D eigenvalue weighted by atomic mass is 9.95. The van der Waals surface area contributed by atoms with E-state index in [0.717, 1.165) is 16.7 Å². The molecule has 0 aliphatic carbocycles. The van der Waals surface area contributed by atoms with Gasteiger partial charge in [0.1, 0.15) is 0 Å². The summed E-state index contributed by atoms with van der Waals surface area (Å²) in [7, 11) is 0. The van der Waals surface area contributed by atoms with Gasteiger partial charge in [0, 0.05) is 24.6 Å². The Morgan fingerprint density at radius 3 is 2.37 bits per heavy atom. The van der Waals surface area contributed by atoms with Crippen LogP contribution in [0.1, 0.15) is 39.9 Å². The Labute approximate surface area is 165 Å². The Kier molecular flexibility index (Phi) is 5.85. The molecule has 1 saturated heterocycles. The molecule has 5 heteroatoms. The van der Waals surface area contributed by atoms with Crippen molar-refractivity contribution in [3.8, 4) is 0 Å². The van der Waals surface area contributed by atoms with Crippen molar-refractivity contribution in [2.75, 3.05) is 18.4 Å². The lowest BCUT2D eigenvalue weighted by Crippen LogP contribution is -2.41. The quantitative estimate of drug-likeness (QED) is 0.829. The summed E-state index contributed by atoms with van der Waals surface area (Å²) in [5.74, 6) is -0.0928. The fraction of sp³-hybridized carbons (Fsp3) is 0.364. The highest BCUT2D eigenvalue weighted by Crippen LogP contribution is 2.29. The van der Waals surface area contributed by atoms with Crippen LogP contribution in [0.15, 0.2) is 36.4 Å². The molecule has 0 atom stereocenters. The number of carbonyl (C=O) groups is 2. The van der Waals surface area contributed by atoms with Gasteiger partial charge in [0.2, 0.25) is 5.91 Å². The molecular weight excluding hydrogens is 360 g/mol. The van der Waals surface area contributed by atoms with Gasteiger partial charge in [0.25, 0.3) is 5.91 Å². The maximum Gasteiger partial charge on any atom is 0.253 e. The first-order valence-corrected chi connectivity index (χ1v) is 9.66. The second-order valence-corrected chi connectivity index (χ2v) is 7.77. The highest BCUT2D eigenvalue weighted by molar-refractivity contribution is 6.34. The van der Waals surface area contributed by atoms with Crippen LogP contribution in [0, 0.1) is 26.7 Å². The van der Waals surface area contributed by atoms with Crippen LogP contribution in [0.4, 0.5) is 5.69 Å². The molecule has 1 aliphatic rings. The highest BCUT2D eigenvalue weighted by atomic mass is 35.5. The number of nitrogens with one attached hydrogen (secondary N) is 1. The fourth-order valence-electron chi connectivity index (χ4n) is 3.60. The van der Waals surface area contributed by atoms with E-state index < -0.39 is 0 Å². The third-order valence-electron chi connectivity index (χ3n) is 5.10. The predicted octanol–water partition coefficient (Wildman–Crippen LogP) is 4.76. The second-order valence-electron chi connectivity index (χ2n) is 7.36. The molecular formula is C22H25ClN2O2. The molecule has 4 nitrogen and oxygen atoms in total. The number of hydrogen-bond acceptors (Lipinski definition) is 2. The summed E-state index contributed by atoms with van der Waals surface area (Å²) in [4.78, 5) is 27.2. The van der Waals surface area contributed by atoms with E-state index >= 15 is 0 Å². The van der Waals surface area contributed by atoms with Gasteiger partial charge in [-0.25, -0.2) is 0 Å². The van der Waals surface area contributed by atoms with Crippen LogP contribution in [0.2, 0.25) is 5.02 Å². The van der Waals surface area contributed by atoms with Crippen molar-refractivity contribution in [3.63, 3.8) is 0 Å². The van der Waals surface area contributed by atoms with Gasteiger partial charge >= 0.3 is 0 Å². The maximum atomic E-state index is 12.7. The Bertz CT molecular complexity index is 847. The predicted molar refractivity (Wildman–Crippen MR) is 109 cm³/mol. The highest BCUT2D eigenvalue weighted by Gasteiger charge is 2.28. The van der Waals surface area contributed by atoms with Crippen LogP contribution >= 0.6 is 11.6 Å². The number of hydrogen-bond donors (Lipinski definition) is 1. The molecule has 0 aromatic heterocycles. The number of piperidine rings is 1. The molecule has 1 heterocycles. The van der Waals surface area contributed by atoms with E-state index in [0.29, 0.717) is 42.2 Å². The Hall–Kier alpha value is -2.33. The average Bonchev–Trinajstić information content (AvgIpc) is 2.64. The number of amides is 2. The van der Waals surface area contributed by atoms with Gasteiger partial charge < -0.3 is 10.2 Å². The molecule has 0 spiro atoms. The van der Waals surface area contributed by atoms with Gasteiger partial charge in [-0.15, -0.1) is 0 Å². The minimum atomic E-state index is -0.108. The summed E-state index contributed by atoms with van der Waals surface area (Å²) in [6.07, 6.45) is 1.32. The van der Waals surface area contributed by atoms with Crippen molar-refractivity contribution in [2.45, 2.75) is 33.6 Å². The molecule has 2 aromatic rings. The first-order valence-electron chi connectivity index (χ1n) is 9.28. The van der Waals surface area contributed by atoms with Crippen molar-refractivity contribution in [3.05, 3.63) is 63.7 Å². The topological polar surface area (TPSA) is 49.4 Å². The van der Waals surface area contributed by atoms with E-state index in [1.54, 1.807) is 0 Å². The lowest BCUT2D eigenvalue weighted by molar-refractivity contribution is -0.121. The molecule has 2 aromatic carbocycles. The molecule has 0 radical (unpaired) electrons. The average molecular weight is 385 g/mol. The Morgan fingerprint density at radius 1 is 1.04 bits per heavy atom. The van der Waals surface area contributed by atoms with Crippen molar-refractivity contribution < 1.29 is 9.59 Å². The number of aryl methyl sites for hydroxylation is 3. The summed E-state index contributed by atoms with van der Waals surface area (Å²) in [6, 6.07) is 11.5. The largest absolute Gasteiger partial charge is 0.339 e. The van der Waals surface area contributed by atoms with Gasteiger partial charge in [-0.1, -0.05) is 35.4 Å². The smallest absolute Gasteiger partial charge is 0.253 e. The van der Waals surface area contributed by atoms with Crippen molar-refractivity contribution in [1.82, 2.24) is 4.90 Å². The minimum absolute atomic E-state index is 0.0218. The van der Waals surface area contributed by atoms with Crippen LogP contribution in [-0.2, 0) is 4.79 Å². The van der Waals surface area contributed by atoms with E-state index in [1.807, 2.05) is 62.1 Å². The van der Waals surface area contributed by atoms with Crippen molar-refractivity contribution >= 4 is 29.1 Å². The van der Waals surface area contributed by atoms with E-state index in [2.05, 4.69) is 5.32 Å². The van der Waals surface area contributed by atoms with Gasteiger partial charge in [-0.2, -0.15) is 0 Å². The molecule has 0 saturated carbocycles. The number of halogens is 1. The van der Waals surface area contributed by atoms with E-state index in [9.17, 15) is 9.59 Å². The third kappa shape index (κ3) is 4.51. The molecule has 0 bridgehead atoms. The fourth-order valence-corrected chi connectivity index (χ4v) is 3.97. The first kappa shape index (κ1) is 19.4. The molecule has 0 unspecified atom stereocenters. The zero-order valence-corrected chi connectivity index (χ0v) is 16.8. The zero-order chi connectivity index (χ0) is 19.6. The molecule has 142 valence electrons. The van der Waals surface area contributed by atoms with Gasteiger partial charge in [0.05, 0.1) is 10.7 Å². The van der Waals surface area contributed by atoms with Crippen LogP contribution in [0.5, 0.6) is 0 Å². The van der Waals surface area contributed by atoms with Crippen LogP contribution in [-0.4, -0.2) is 29.8 Å². The van der Waals surface area contributed by atoms with Crippen LogP contribution in [0.3, 0.4) is 0 Å². The van der Waals surface area contributed by atoms with E-state index in [4.69, 9.17) is 11.6 Å². The van der Waals surface area contributed by atoms with E-state index in [-0.39, 0.29) is 17.7 Å². The summed E-state index contributed by atoms with van der Waals surface area (Å²) in [5.41, 5.74) is 4.49. The number of carbonyl (C=O) groups excluding carboxylic acids is 2. The number of likely N-dealkylation sites (tertiary alicyclic amines) is 1. The Morgan fingerprint density at radius 2 is 1.74 bits per heavy atom. The number of anilines is 1. The number of nitrogens with zero attached hydrogens (tertiary/aromatic N) is 1. The standard InChI is InChI=1S/C22H25ClN2O2/c1-14-5-4-6-18(12-14)22(27)25-9-7-17(8-10-25)21(26)24-20-16(3)11-15(2)13-19(20)23/h4-6,11-13,17H,7-10H2,1-3H3,(H,24,26). The zero-order valence-electron chi connectivity index (χ0n) is 16.0. The minimum Gasteiger partial charge on any atom is -0.339 e. The summed E-state index contributed by atoms with van der Waals surface area (Å²) in [6.45, 7) is 7.07. The molecule has 27 heavy (non-hydrogen) atoms. The van der Waals surface area contributed by atoms with Gasteiger partial charge in [-0.3, -0.25) is 9.59 Å². The number of benzene rings is 2. The van der Waals surface area contributed by atoms with Crippen LogP contribution in [0.25, 0.3) is 0 Å². The maximum absolute atomic E-state index is 12.7. The Balaban J connectivity index is 1.60. The van der Waals surface area contributed by atoms with Gasteiger partial charge in [0.15, 0.2) is 0 Å². The van der Waals surface area contributed by atoms with Crippen LogP contribution < -0.4 is 5.32 Å². The second kappa shape index (κ2) is 8.13. The number of rotatable bonds is 3. The molecule has 3 rings (SSSR count). The third-order valence-corrected chi connectivity index (χ3v) is 5.40. The molecule has 1 fully saturated rings. The van der Waals surface area contributed by atoms with E-state index in [1.165, 1.54) is 0 Å². The first-order chi connectivity index (χ1) is 12.8. The normalized spacial score (nSPS) is 14.9. The van der Waals surface area contributed by atoms with Gasteiger partial charge in [-0.05, 0) is 62.9 Å². The molecule has 1 aliphatic heterocycles. The summed E-state index contributed by atoms with van der Waals surface area (Å²) < 4.78 is 0. The molecule has 2 amide bonds. The van der Waals surface area contributed by atoms with Crippen molar-refractivity contribution in [1.29, 1.82) is 0 Å². The molecule has 1 N–H and O–H groups in total. The summed E-state index contributed by atoms with van der Waals surface area (Å²) >= 11 is 6.30. The summed E-state index contributed by atoms with van der Waals surface area (Å²) in [5, 5.41) is 3.55.